The van der Waals surface area contributed by atoms with Gasteiger partial charge in [0.25, 0.3) is 0 Å². The standard InChI is InChI=1S/C16H25N3OS/c1-16(2,3)7-8-17-9-10-21-15-18-13-6-5-12(20-4)11-14(13)19-15/h5-6,11,17H,7-10H2,1-4H3,(H,18,19). The minimum absolute atomic E-state index is 0.401. The molecule has 2 aromatic rings. The van der Waals surface area contributed by atoms with E-state index in [9.17, 15) is 0 Å². The number of benzene rings is 1. The van der Waals surface area contributed by atoms with E-state index in [4.69, 9.17) is 4.74 Å². The number of H-pyrrole nitrogens is 1. The highest BCUT2D eigenvalue weighted by Gasteiger charge is 2.08. The lowest BCUT2D eigenvalue weighted by Gasteiger charge is -2.17. The van der Waals surface area contributed by atoms with Crippen molar-refractivity contribution >= 4 is 22.8 Å². The summed E-state index contributed by atoms with van der Waals surface area (Å²) in [7, 11) is 1.68. The van der Waals surface area contributed by atoms with Crippen LogP contribution in [0.5, 0.6) is 5.75 Å². The van der Waals surface area contributed by atoms with Gasteiger partial charge in [-0.2, -0.15) is 0 Å². The molecule has 21 heavy (non-hydrogen) atoms. The van der Waals surface area contributed by atoms with Gasteiger partial charge in [-0.15, -0.1) is 0 Å². The Kier molecular flexibility index (Phi) is 5.53. The molecule has 116 valence electrons. The van der Waals surface area contributed by atoms with E-state index in [1.807, 2.05) is 18.2 Å². The van der Waals surface area contributed by atoms with Crippen LogP contribution < -0.4 is 10.1 Å². The van der Waals surface area contributed by atoms with E-state index in [1.54, 1.807) is 18.9 Å². The Hall–Kier alpha value is -1.20. The number of nitrogens with one attached hydrogen (secondary N) is 2. The molecule has 1 aromatic carbocycles. The second kappa shape index (κ2) is 7.18. The van der Waals surface area contributed by atoms with Crippen molar-refractivity contribution in [2.45, 2.75) is 32.3 Å². The molecular formula is C16H25N3OS. The van der Waals surface area contributed by atoms with Gasteiger partial charge in [-0.05, 0) is 30.5 Å². The van der Waals surface area contributed by atoms with E-state index in [-0.39, 0.29) is 0 Å². The summed E-state index contributed by atoms with van der Waals surface area (Å²) in [4.78, 5) is 7.90. The first-order valence-electron chi connectivity index (χ1n) is 7.35. The number of hydrogen-bond donors (Lipinski definition) is 2. The zero-order valence-corrected chi connectivity index (χ0v) is 14.1. The van der Waals surface area contributed by atoms with Crippen LogP contribution >= 0.6 is 11.8 Å². The van der Waals surface area contributed by atoms with Crippen LogP contribution in [0.15, 0.2) is 23.4 Å². The van der Waals surface area contributed by atoms with Gasteiger partial charge in [-0.1, -0.05) is 32.5 Å². The zero-order chi connectivity index (χ0) is 15.3. The second-order valence-corrected chi connectivity index (χ2v) is 7.42. The molecule has 0 bridgehead atoms. The fraction of sp³-hybridized carbons (Fsp3) is 0.562. The van der Waals surface area contributed by atoms with Gasteiger partial charge in [0.05, 0.1) is 18.1 Å². The van der Waals surface area contributed by atoms with E-state index in [0.29, 0.717) is 5.41 Å². The van der Waals surface area contributed by atoms with E-state index in [0.717, 1.165) is 40.8 Å². The highest BCUT2D eigenvalue weighted by molar-refractivity contribution is 7.99. The number of ether oxygens (including phenoxy) is 1. The first-order valence-corrected chi connectivity index (χ1v) is 8.34. The average molecular weight is 307 g/mol. The number of thioether (sulfide) groups is 1. The molecule has 0 radical (unpaired) electrons. The maximum Gasteiger partial charge on any atom is 0.166 e. The van der Waals surface area contributed by atoms with E-state index in [2.05, 4.69) is 36.1 Å². The van der Waals surface area contributed by atoms with Gasteiger partial charge >= 0.3 is 0 Å². The molecule has 0 fully saturated rings. The largest absolute Gasteiger partial charge is 0.497 e. The third kappa shape index (κ3) is 5.25. The maximum atomic E-state index is 5.22. The quantitative estimate of drug-likeness (QED) is 0.605. The number of nitrogens with zero attached hydrogens (tertiary/aromatic N) is 1. The van der Waals surface area contributed by atoms with Gasteiger partial charge in [-0.25, -0.2) is 4.98 Å². The first kappa shape index (κ1) is 16.2. The summed E-state index contributed by atoms with van der Waals surface area (Å²) in [5.74, 6) is 1.87. The number of methoxy groups -OCH3 is 1. The molecule has 0 saturated heterocycles. The Bertz CT molecular complexity index is 574. The lowest BCUT2D eigenvalue weighted by Crippen LogP contribution is -2.22. The molecule has 5 heteroatoms. The van der Waals surface area contributed by atoms with Crippen molar-refractivity contribution in [1.29, 1.82) is 0 Å². The Morgan fingerprint density at radius 2 is 2.10 bits per heavy atom. The van der Waals surface area contributed by atoms with Gasteiger partial charge in [0.2, 0.25) is 0 Å². The number of fused-ring (bicyclic) bond motifs is 1. The summed E-state index contributed by atoms with van der Waals surface area (Å²) < 4.78 is 5.22. The van der Waals surface area contributed by atoms with Crippen molar-refractivity contribution in [3.05, 3.63) is 18.2 Å². The summed E-state index contributed by atoms with van der Waals surface area (Å²) in [6.07, 6.45) is 1.20. The summed E-state index contributed by atoms with van der Waals surface area (Å²) in [5, 5.41) is 4.45. The van der Waals surface area contributed by atoms with Gasteiger partial charge < -0.3 is 15.0 Å². The monoisotopic (exact) mass is 307 g/mol. The molecule has 0 saturated carbocycles. The van der Waals surface area contributed by atoms with Crippen LogP contribution in [0.1, 0.15) is 27.2 Å². The molecule has 1 aromatic heterocycles. The van der Waals surface area contributed by atoms with E-state index >= 15 is 0 Å². The minimum atomic E-state index is 0.401. The third-order valence-electron chi connectivity index (χ3n) is 3.24. The van der Waals surface area contributed by atoms with Crippen molar-refractivity contribution in [2.24, 2.45) is 5.41 Å². The van der Waals surface area contributed by atoms with Crippen molar-refractivity contribution in [3.8, 4) is 5.75 Å². The van der Waals surface area contributed by atoms with Crippen molar-refractivity contribution in [2.75, 3.05) is 26.0 Å². The molecule has 1 heterocycles. The van der Waals surface area contributed by atoms with Crippen LogP contribution in [0.3, 0.4) is 0 Å². The molecule has 2 N–H and O–H groups in total. The third-order valence-corrected chi connectivity index (χ3v) is 4.11. The van der Waals surface area contributed by atoms with Crippen LogP contribution in [0.25, 0.3) is 11.0 Å². The van der Waals surface area contributed by atoms with Crippen molar-refractivity contribution in [1.82, 2.24) is 15.3 Å². The Labute approximate surface area is 131 Å². The predicted octanol–water partition coefficient (Wildman–Crippen LogP) is 3.69. The second-order valence-electron chi connectivity index (χ2n) is 6.33. The normalized spacial score (nSPS) is 12.0. The zero-order valence-electron chi connectivity index (χ0n) is 13.3. The van der Waals surface area contributed by atoms with Gasteiger partial charge in [-0.3, -0.25) is 0 Å². The fourth-order valence-electron chi connectivity index (χ4n) is 1.97. The maximum absolute atomic E-state index is 5.22. The number of rotatable bonds is 7. The minimum Gasteiger partial charge on any atom is -0.497 e. The highest BCUT2D eigenvalue weighted by atomic mass is 32.2. The van der Waals surface area contributed by atoms with Gasteiger partial charge in [0.1, 0.15) is 5.75 Å². The number of hydrogen-bond acceptors (Lipinski definition) is 4. The molecule has 0 spiro atoms. The molecule has 0 amide bonds. The Morgan fingerprint density at radius 3 is 2.81 bits per heavy atom. The Balaban J connectivity index is 1.76. The first-order chi connectivity index (χ1) is 9.98. The molecule has 4 nitrogen and oxygen atoms in total. The summed E-state index contributed by atoms with van der Waals surface area (Å²) in [6.45, 7) is 8.88. The number of imidazole rings is 1. The molecular weight excluding hydrogens is 282 g/mol. The van der Waals surface area contributed by atoms with Crippen LogP contribution in [-0.4, -0.2) is 35.9 Å². The number of aromatic amines is 1. The molecule has 0 unspecified atom stereocenters. The predicted molar refractivity (Wildman–Crippen MR) is 90.3 cm³/mol. The average Bonchev–Trinajstić information content (AvgIpc) is 2.83. The SMILES string of the molecule is COc1ccc2nc(SCCNCCC(C)(C)C)[nH]c2c1. The topological polar surface area (TPSA) is 49.9 Å². The van der Waals surface area contributed by atoms with E-state index in [1.165, 1.54) is 6.42 Å². The van der Waals surface area contributed by atoms with E-state index < -0.39 is 0 Å². The summed E-state index contributed by atoms with van der Waals surface area (Å²) in [6, 6.07) is 5.90. The van der Waals surface area contributed by atoms with Crippen LogP contribution in [0.4, 0.5) is 0 Å². The smallest absolute Gasteiger partial charge is 0.166 e. The molecule has 0 aliphatic rings. The van der Waals surface area contributed by atoms with Crippen molar-refractivity contribution in [3.63, 3.8) is 0 Å². The molecule has 0 aliphatic carbocycles. The van der Waals surface area contributed by atoms with Crippen LogP contribution in [0.2, 0.25) is 0 Å². The summed E-state index contributed by atoms with van der Waals surface area (Å²) >= 11 is 1.75. The van der Waals surface area contributed by atoms with Crippen LogP contribution in [-0.2, 0) is 0 Å². The number of aromatic nitrogens is 2. The highest BCUT2D eigenvalue weighted by Crippen LogP contribution is 2.23. The van der Waals surface area contributed by atoms with Crippen LogP contribution in [0, 0.1) is 5.41 Å². The molecule has 2 rings (SSSR count). The fourth-order valence-corrected chi connectivity index (χ4v) is 2.75. The van der Waals surface area contributed by atoms with Gasteiger partial charge in [0, 0.05) is 18.4 Å². The summed E-state index contributed by atoms with van der Waals surface area (Å²) in [5.41, 5.74) is 2.41. The van der Waals surface area contributed by atoms with Crippen molar-refractivity contribution < 1.29 is 4.74 Å². The lowest BCUT2D eigenvalue weighted by molar-refractivity contribution is 0.369. The van der Waals surface area contributed by atoms with Gasteiger partial charge in [0.15, 0.2) is 5.16 Å². The Morgan fingerprint density at radius 1 is 1.29 bits per heavy atom. The molecule has 0 atom stereocenters. The lowest BCUT2D eigenvalue weighted by atomic mass is 9.92. The molecule has 0 aliphatic heterocycles.